The highest BCUT2D eigenvalue weighted by atomic mass is 16.5. The summed E-state index contributed by atoms with van der Waals surface area (Å²) in [4.78, 5) is 18.4. The highest BCUT2D eigenvalue weighted by Crippen LogP contribution is 2.26. The zero-order chi connectivity index (χ0) is 19.6. The summed E-state index contributed by atoms with van der Waals surface area (Å²) in [7, 11) is 3.40. The second-order valence-corrected chi connectivity index (χ2v) is 6.52. The summed E-state index contributed by atoms with van der Waals surface area (Å²) in [5.74, 6) is 2.17. The molecule has 1 fully saturated rings. The van der Waals surface area contributed by atoms with Crippen molar-refractivity contribution >= 4 is 11.9 Å². The predicted molar refractivity (Wildman–Crippen MR) is 105 cm³/mol. The number of piperidine rings is 1. The molecule has 1 aromatic carbocycles. The van der Waals surface area contributed by atoms with Crippen LogP contribution in [0.15, 0.2) is 29.3 Å². The third-order valence-electron chi connectivity index (χ3n) is 4.57. The van der Waals surface area contributed by atoms with Gasteiger partial charge in [-0.1, -0.05) is 12.1 Å². The Labute approximate surface area is 161 Å². The predicted octanol–water partition coefficient (Wildman–Crippen LogP) is 2.31. The molecule has 1 aliphatic rings. The van der Waals surface area contributed by atoms with E-state index in [0.717, 1.165) is 43.4 Å². The number of likely N-dealkylation sites (tertiary alicyclic amines) is 1. The molecule has 0 spiro atoms. The van der Waals surface area contributed by atoms with Crippen LogP contribution in [-0.4, -0.2) is 63.3 Å². The average Bonchev–Trinajstić information content (AvgIpc) is 2.69. The third kappa shape index (κ3) is 6.05. The second-order valence-electron chi connectivity index (χ2n) is 6.52. The molecule has 150 valence electrons. The number of aliphatic imine (C=N–C) groups is 1. The van der Waals surface area contributed by atoms with Crippen LogP contribution in [0.25, 0.3) is 0 Å². The van der Waals surface area contributed by atoms with Crippen LogP contribution in [0.2, 0.25) is 0 Å². The monoisotopic (exact) mass is 377 g/mol. The van der Waals surface area contributed by atoms with E-state index in [4.69, 9.17) is 14.2 Å². The summed E-state index contributed by atoms with van der Waals surface area (Å²) in [6.07, 6.45) is 1.51. The van der Waals surface area contributed by atoms with Gasteiger partial charge in [0.2, 0.25) is 0 Å². The highest BCUT2D eigenvalue weighted by molar-refractivity contribution is 5.80. The molecule has 1 N–H and O–H groups in total. The van der Waals surface area contributed by atoms with Gasteiger partial charge >= 0.3 is 5.97 Å². The zero-order valence-electron chi connectivity index (χ0n) is 16.7. The number of carbonyl (C=O) groups excluding carboxylic acids is 1. The third-order valence-corrected chi connectivity index (χ3v) is 4.57. The molecule has 0 aromatic heterocycles. The Morgan fingerprint density at radius 2 is 1.96 bits per heavy atom. The Balaban J connectivity index is 1.81. The molecule has 1 unspecified atom stereocenters. The van der Waals surface area contributed by atoms with Crippen molar-refractivity contribution in [2.24, 2.45) is 10.9 Å². The molecule has 1 atom stereocenters. The van der Waals surface area contributed by atoms with E-state index in [9.17, 15) is 4.79 Å². The smallest absolute Gasteiger partial charge is 0.309 e. The van der Waals surface area contributed by atoms with Crippen molar-refractivity contribution in [1.82, 2.24) is 10.2 Å². The Morgan fingerprint density at radius 3 is 2.56 bits per heavy atom. The summed E-state index contributed by atoms with van der Waals surface area (Å²) >= 11 is 0. The van der Waals surface area contributed by atoms with Gasteiger partial charge < -0.3 is 24.4 Å². The van der Waals surface area contributed by atoms with Gasteiger partial charge in [0.25, 0.3) is 0 Å². The van der Waals surface area contributed by atoms with Crippen LogP contribution in [0.5, 0.6) is 11.5 Å². The molecule has 2 rings (SSSR count). The highest BCUT2D eigenvalue weighted by Gasteiger charge is 2.27. The molecular formula is C20H31N3O4. The van der Waals surface area contributed by atoms with Gasteiger partial charge in [-0.2, -0.15) is 0 Å². The van der Waals surface area contributed by atoms with E-state index >= 15 is 0 Å². The molecule has 7 nitrogen and oxygen atoms in total. The van der Waals surface area contributed by atoms with Crippen molar-refractivity contribution in [2.45, 2.75) is 32.8 Å². The van der Waals surface area contributed by atoms with Gasteiger partial charge in [-0.15, -0.1) is 0 Å². The number of ether oxygens (including phenoxy) is 3. The number of nitrogens with zero attached hydrogens (tertiary/aromatic N) is 2. The number of rotatable bonds is 7. The van der Waals surface area contributed by atoms with Crippen molar-refractivity contribution < 1.29 is 19.0 Å². The number of esters is 1. The molecule has 0 amide bonds. The molecule has 1 heterocycles. The number of benzene rings is 1. The summed E-state index contributed by atoms with van der Waals surface area (Å²) in [5.41, 5.74) is 0. The van der Waals surface area contributed by atoms with E-state index in [2.05, 4.69) is 15.2 Å². The molecule has 1 saturated heterocycles. The van der Waals surface area contributed by atoms with Crippen molar-refractivity contribution in [3.63, 3.8) is 0 Å². The lowest BCUT2D eigenvalue weighted by Gasteiger charge is -2.33. The van der Waals surface area contributed by atoms with E-state index in [0.29, 0.717) is 13.2 Å². The molecule has 1 aromatic rings. The SMILES string of the molecule is CCOC(=O)C1CCN(C(=NC)NCC(C)Oc2ccccc2OC)CC1. The molecular weight excluding hydrogens is 346 g/mol. The maximum absolute atomic E-state index is 11.9. The quantitative estimate of drug-likeness (QED) is 0.447. The molecule has 0 bridgehead atoms. The topological polar surface area (TPSA) is 72.4 Å². The number of guanidine groups is 1. The summed E-state index contributed by atoms with van der Waals surface area (Å²) in [6.45, 7) is 6.46. The van der Waals surface area contributed by atoms with Crippen LogP contribution >= 0.6 is 0 Å². The van der Waals surface area contributed by atoms with Crippen LogP contribution in [0.3, 0.4) is 0 Å². The van der Waals surface area contributed by atoms with Gasteiger partial charge in [0.15, 0.2) is 17.5 Å². The molecule has 0 radical (unpaired) electrons. The van der Waals surface area contributed by atoms with E-state index in [1.54, 1.807) is 14.2 Å². The van der Waals surface area contributed by atoms with E-state index in [1.807, 2.05) is 38.1 Å². The summed E-state index contributed by atoms with van der Waals surface area (Å²) in [6, 6.07) is 7.60. The van der Waals surface area contributed by atoms with Gasteiger partial charge in [-0.25, -0.2) is 0 Å². The van der Waals surface area contributed by atoms with E-state index in [-0.39, 0.29) is 18.0 Å². The largest absolute Gasteiger partial charge is 0.493 e. The standard InChI is InChI=1S/C20H31N3O4/c1-5-26-19(24)16-10-12-23(13-11-16)20(21-3)22-14-15(2)27-18-9-7-6-8-17(18)25-4/h6-9,15-16H,5,10-14H2,1-4H3,(H,21,22). The van der Waals surface area contributed by atoms with Gasteiger partial charge in [-0.3, -0.25) is 9.79 Å². The minimum Gasteiger partial charge on any atom is -0.493 e. The Kier molecular flexibility index (Phi) is 8.23. The second kappa shape index (κ2) is 10.6. The number of methoxy groups -OCH3 is 1. The van der Waals surface area contributed by atoms with Crippen molar-refractivity contribution in [3.05, 3.63) is 24.3 Å². The first-order valence-electron chi connectivity index (χ1n) is 9.50. The molecule has 7 heteroatoms. The fourth-order valence-corrected chi connectivity index (χ4v) is 3.13. The molecule has 0 aliphatic carbocycles. The number of nitrogens with one attached hydrogen (secondary N) is 1. The molecule has 1 aliphatic heterocycles. The number of hydrogen-bond donors (Lipinski definition) is 1. The molecule has 27 heavy (non-hydrogen) atoms. The van der Waals surface area contributed by atoms with Crippen molar-refractivity contribution in [3.8, 4) is 11.5 Å². The van der Waals surface area contributed by atoms with Gasteiger partial charge in [-0.05, 0) is 38.8 Å². The fraction of sp³-hybridized carbons (Fsp3) is 0.600. The average molecular weight is 377 g/mol. The Hall–Kier alpha value is -2.44. The number of para-hydroxylation sites is 2. The number of hydrogen-bond acceptors (Lipinski definition) is 5. The van der Waals surface area contributed by atoms with Crippen molar-refractivity contribution in [1.29, 1.82) is 0 Å². The van der Waals surface area contributed by atoms with Crippen LogP contribution in [0.4, 0.5) is 0 Å². The van der Waals surface area contributed by atoms with Crippen LogP contribution in [0.1, 0.15) is 26.7 Å². The Bertz CT molecular complexity index is 627. The summed E-state index contributed by atoms with van der Waals surface area (Å²) < 4.78 is 16.4. The fourth-order valence-electron chi connectivity index (χ4n) is 3.13. The Morgan fingerprint density at radius 1 is 1.30 bits per heavy atom. The van der Waals surface area contributed by atoms with Gasteiger partial charge in [0.1, 0.15) is 6.10 Å². The lowest BCUT2D eigenvalue weighted by atomic mass is 9.97. The minimum atomic E-state index is -0.0843. The maximum Gasteiger partial charge on any atom is 0.309 e. The first kappa shape index (κ1) is 20.9. The normalized spacial score (nSPS) is 16.6. The van der Waals surface area contributed by atoms with Crippen LogP contribution in [-0.2, 0) is 9.53 Å². The van der Waals surface area contributed by atoms with Gasteiger partial charge in [0.05, 0.1) is 26.2 Å². The first-order chi connectivity index (χ1) is 13.1. The maximum atomic E-state index is 11.9. The number of carbonyl (C=O) groups is 1. The lowest BCUT2D eigenvalue weighted by molar-refractivity contribution is -0.149. The zero-order valence-corrected chi connectivity index (χ0v) is 16.7. The summed E-state index contributed by atoms with van der Waals surface area (Å²) in [5, 5.41) is 3.36. The minimum absolute atomic E-state index is 0.00731. The van der Waals surface area contributed by atoms with Crippen LogP contribution in [0, 0.1) is 5.92 Å². The molecule has 0 saturated carbocycles. The van der Waals surface area contributed by atoms with E-state index < -0.39 is 0 Å². The lowest BCUT2D eigenvalue weighted by Crippen LogP contribution is -2.48. The van der Waals surface area contributed by atoms with E-state index in [1.165, 1.54) is 0 Å². The van der Waals surface area contributed by atoms with Gasteiger partial charge in [0, 0.05) is 20.1 Å². The first-order valence-corrected chi connectivity index (χ1v) is 9.50. The van der Waals surface area contributed by atoms with Crippen molar-refractivity contribution in [2.75, 3.05) is 40.4 Å². The van der Waals surface area contributed by atoms with Crippen LogP contribution < -0.4 is 14.8 Å².